The van der Waals surface area contributed by atoms with Crippen LogP contribution in [-0.4, -0.2) is 57.2 Å². The molecule has 1 amide bonds. The molecule has 0 radical (unpaired) electrons. The van der Waals surface area contributed by atoms with E-state index < -0.39 is 24.0 Å². The first-order valence-corrected chi connectivity index (χ1v) is 15.5. The summed E-state index contributed by atoms with van der Waals surface area (Å²) in [6.45, 7) is 12.0. The standard InChI is InChI=1S/C21H25F3N4O.C7H9FN2O.C5H12/c1-16(7-8-17-5-3-2-4-6-17)13-19(29)27-9-11-28(12-10-27)20-25-14-18(15-26-20)21(22,23)24;1-2-6-3-5(4-8)7(11)10-9-6;1-4-5(2)3/h2-6,14-16H,7-13H2,1H3;3H,2,4H2,1H3,(H,10,11);5H,4H2,1-3H3/t16-;;/m0../s1. The van der Waals surface area contributed by atoms with Gasteiger partial charge in [0.1, 0.15) is 6.67 Å². The van der Waals surface area contributed by atoms with Gasteiger partial charge in [0.05, 0.1) is 16.8 Å². The largest absolute Gasteiger partial charge is 0.419 e. The van der Waals surface area contributed by atoms with Crippen LogP contribution < -0.4 is 10.5 Å². The molecule has 2 aromatic heterocycles. The zero-order valence-corrected chi connectivity index (χ0v) is 26.9. The van der Waals surface area contributed by atoms with E-state index in [1.54, 1.807) is 0 Å². The second-order valence-electron chi connectivity index (χ2n) is 11.5. The van der Waals surface area contributed by atoms with Crippen LogP contribution in [0.5, 0.6) is 0 Å². The van der Waals surface area contributed by atoms with E-state index in [0.29, 0.717) is 50.6 Å². The molecule has 45 heavy (non-hydrogen) atoms. The van der Waals surface area contributed by atoms with Crippen molar-refractivity contribution in [3.63, 3.8) is 0 Å². The number of H-pyrrole nitrogens is 1. The van der Waals surface area contributed by atoms with Crippen molar-refractivity contribution in [2.24, 2.45) is 11.8 Å². The molecule has 0 spiro atoms. The fraction of sp³-hybridized carbons (Fsp3) is 0.545. The number of carbonyl (C=O) groups is 1. The van der Waals surface area contributed by atoms with E-state index in [-0.39, 0.29) is 17.4 Å². The molecule has 0 aliphatic carbocycles. The first-order valence-electron chi connectivity index (χ1n) is 15.5. The van der Waals surface area contributed by atoms with E-state index >= 15 is 0 Å². The predicted molar refractivity (Wildman–Crippen MR) is 169 cm³/mol. The summed E-state index contributed by atoms with van der Waals surface area (Å²) in [4.78, 5) is 34.6. The summed E-state index contributed by atoms with van der Waals surface area (Å²) < 4.78 is 49.9. The molecular weight excluding hydrogens is 588 g/mol. The second kappa shape index (κ2) is 18.9. The summed E-state index contributed by atoms with van der Waals surface area (Å²) in [7, 11) is 0. The van der Waals surface area contributed by atoms with E-state index in [1.807, 2.05) is 34.9 Å². The van der Waals surface area contributed by atoms with Crippen molar-refractivity contribution in [1.29, 1.82) is 0 Å². The van der Waals surface area contributed by atoms with E-state index in [0.717, 1.165) is 31.2 Å². The van der Waals surface area contributed by atoms with Gasteiger partial charge in [0.2, 0.25) is 11.9 Å². The molecule has 1 N–H and O–H groups in total. The highest BCUT2D eigenvalue weighted by atomic mass is 19.4. The molecule has 3 aromatic rings. The van der Waals surface area contributed by atoms with Crippen molar-refractivity contribution in [2.45, 2.75) is 79.6 Å². The van der Waals surface area contributed by atoms with Gasteiger partial charge in [-0.2, -0.15) is 18.3 Å². The third-order valence-electron chi connectivity index (χ3n) is 7.43. The van der Waals surface area contributed by atoms with Crippen molar-refractivity contribution in [1.82, 2.24) is 25.1 Å². The van der Waals surface area contributed by atoms with E-state index in [4.69, 9.17) is 0 Å². The van der Waals surface area contributed by atoms with Gasteiger partial charge in [-0.15, -0.1) is 0 Å². The van der Waals surface area contributed by atoms with Crippen LogP contribution >= 0.6 is 0 Å². The summed E-state index contributed by atoms with van der Waals surface area (Å²) in [6, 6.07) is 11.7. The maximum atomic E-state index is 12.6. The molecule has 4 rings (SSSR count). The van der Waals surface area contributed by atoms with Gasteiger partial charge in [-0.3, -0.25) is 9.59 Å². The SMILES string of the molecule is CCC(C)C.CCc1cc(CF)c(=O)[nH]n1.C[C@@H](CCc1ccccc1)CC(=O)N1CCN(c2ncc(C(F)(F)F)cn2)CC1. The normalized spacial score (nSPS) is 13.8. The Balaban J connectivity index is 0.000000362. The van der Waals surface area contributed by atoms with Gasteiger partial charge in [-0.1, -0.05) is 71.4 Å². The number of amides is 1. The van der Waals surface area contributed by atoms with Crippen LogP contribution in [0, 0.1) is 11.8 Å². The number of alkyl halides is 4. The summed E-state index contributed by atoms with van der Waals surface area (Å²) in [5.74, 6) is 1.56. The van der Waals surface area contributed by atoms with Crippen molar-refractivity contribution in [2.75, 3.05) is 31.1 Å². The zero-order chi connectivity index (χ0) is 33.4. The monoisotopic (exact) mass is 634 g/mol. The maximum absolute atomic E-state index is 12.6. The molecule has 8 nitrogen and oxygen atoms in total. The van der Waals surface area contributed by atoms with Crippen molar-refractivity contribution < 1.29 is 22.4 Å². The van der Waals surface area contributed by atoms with E-state index in [1.165, 1.54) is 18.1 Å². The molecule has 248 valence electrons. The number of hydrogen-bond donors (Lipinski definition) is 1. The van der Waals surface area contributed by atoms with Crippen molar-refractivity contribution in [3.8, 4) is 0 Å². The first kappa shape index (κ1) is 37.4. The van der Waals surface area contributed by atoms with Crippen molar-refractivity contribution >= 4 is 11.9 Å². The second-order valence-corrected chi connectivity index (χ2v) is 11.5. The molecule has 1 aromatic carbocycles. The molecule has 0 unspecified atom stereocenters. The minimum absolute atomic E-state index is 0.124. The highest BCUT2D eigenvalue weighted by molar-refractivity contribution is 5.76. The van der Waals surface area contributed by atoms with Gasteiger partial charge >= 0.3 is 6.18 Å². The third-order valence-corrected chi connectivity index (χ3v) is 7.43. The van der Waals surface area contributed by atoms with Crippen LogP contribution in [0.3, 0.4) is 0 Å². The lowest BCUT2D eigenvalue weighted by Gasteiger charge is -2.35. The molecule has 0 saturated carbocycles. The number of nitrogens with one attached hydrogen (secondary N) is 1. The van der Waals surface area contributed by atoms with Gasteiger partial charge in [0.25, 0.3) is 5.56 Å². The molecular formula is C33H46F4N6O2. The number of aryl methyl sites for hydroxylation is 2. The van der Waals surface area contributed by atoms with Gasteiger partial charge in [0, 0.05) is 45.0 Å². The number of aromatic nitrogens is 4. The van der Waals surface area contributed by atoms with E-state index in [9.17, 15) is 27.2 Å². The van der Waals surface area contributed by atoms with Gasteiger partial charge in [-0.05, 0) is 42.7 Å². The molecule has 3 heterocycles. The number of piperazine rings is 1. The van der Waals surface area contributed by atoms with Gasteiger partial charge in [-0.25, -0.2) is 19.5 Å². The first-order chi connectivity index (χ1) is 21.4. The zero-order valence-electron chi connectivity index (χ0n) is 26.9. The Morgan fingerprint density at radius 3 is 2.11 bits per heavy atom. The number of aromatic amines is 1. The number of nitrogens with zero attached hydrogens (tertiary/aromatic N) is 5. The summed E-state index contributed by atoms with van der Waals surface area (Å²) in [5, 5.41) is 5.93. The minimum Gasteiger partial charge on any atom is -0.339 e. The number of halogens is 4. The number of benzene rings is 1. The molecule has 1 aliphatic heterocycles. The highest BCUT2D eigenvalue weighted by Crippen LogP contribution is 2.28. The van der Waals surface area contributed by atoms with Crippen LogP contribution in [0.25, 0.3) is 0 Å². The lowest BCUT2D eigenvalue weighted by atomic mass is 9.97. The fourth-order valence-electron chi connectivity index (χ4n) is 4.15. The molecule has 1 aliphatic rings. The smallest absolute Gasteiger partial charge is 0.339 e. The Hall–Kier alpha value is -3.83. The van der Waals surface area contributed by atoms with Gasteiger partial charge < -0.3 is 9.80 Å². The van der Waals surface area contributed by atoms with Crippen molar-refractivity contribution in [3.05, 3.63) is 81.5 Å². The minimum atomic E-state index is -4.44. The van der Waals surface area contributed by atoms with Gasteiger partial charge in [0.15, 0.2) is 0 Å². The fourth-order valence-corrected chi connectivity index (χ4v) is 4.15. The number of anilines is 1. The Kier molecular flexibility index (Phi) is 15.7. The van der Waals surface area contributed by atoms with Crippen LogP contribution in [0.1, 0.15) is 76.3 Å². The number of carbonyl (C=O) groups excluding carboxylic acids is 1. The Labute approximate surface area is 263 Å². The number of rotatable bonds is 9. The molecule has 1 fully saturated rings. The topological polar surface area (TPSA) is 95.1 Å². The molecule has 1 atom stereocenters. The lowest BCUT2D eigenvalue weighted by molar-refractivity contribution is -0.138. The van der Waals surface area contributed by atoms with E-state index in [2.05, 4.69) is 60.0 Å². The van der Waals surface area contributed by atoms with Crippen LogP contribution in [-0.2, 0) is 30.5 Å². The van der Waals surface area contributed by atoms with Crippen LogP contribution in [0.2, 0.25) is 0 Å². The third kappa shape index (κ3) is 13.4. The Morgan fingerprint density at radius 1 is 1.00 bits per heavy atom. The summed E-state index contributed by atoms with van der Waals surface area (Å²) >= 11 is 0. The van der Waals surface area contributed by atoms with Crippen LogP contribution in [0.4, 0.5) is 23.5 Å². The average Bonchev–Trinajstić information content (AvgIpc) is 3.05. The quantitative estimate of drug-likeness (QED) is 0.265. The summed E-state index contributed by atoms with van der Waals surface area (Å²) in [5.41, 5.74) is 0.829. The Morgan fingerprint density at radius 2 is 1.60 bits per heavy atom. The Bertz CT molecular complexity index is 1330. The molecule has 1 saturated heterocycles. The van der Waals surface area contributed by atoms with Crippen LogP contribution in [0.15, 0.2) is 53.6 Å². The molecule has 12 heteroatoms. The lowest BCUT2D eigenvalue weighted by Crippen LogP contribution is -2.49. The molecule has 0 bridgehead atoms. The predicted octanol–water partition coefficient (Wildman–Crippen LogP) is 6.66. The maximum Gasteiger partial charge on any atom is 0.419 e. The average molecular weight is 635 g/mol. The highest BCUT2D eigenvalue weighted by Gasteiger charge is 2.32. The summed E-state index contributed by atoms with van der Waals surface area (Å²) in [6.07, 6.45) is 1.57. The number of hydrogen-bond acceptors (Lipinski definition) is 6.